The molecule has 1 heterocycles. The molecule has 0 aliphatic carbocycles. The molecular formula is C11H20N+. The van der Waals surface area contributed by atoms with E-state index in [0.29, 0.717) is 5.54 Å². The molecule has 1 aliphatic rings. The number of quaternary nitrogens is 1. The third-order valence-corrected chi connectivity index (χ3v) is 2.67. The minimum absolute atomic E-state index is 0.356. The van der Waals surface area contributed by atoms with E-state index < -0.39 is 0 Å². The Labute approximate surface area is 75.6 Å². The van der Waals surface area contributed by atoms with Gasteiger partial charge in [0.15, 0.2) is 0 Å². The lowest BCUT2D eigenvalue weighted by Gasteiger charge is -2.31. The summed E-state index contributed by atoms with van der Waals surface area (Å²) in [6, 6.07) is 0. The molecule has 1 nitrogen and oxygen atoms in total. The molecule has 0 aromatic heterocycles. The summed E-state index contributed by atoms with van der Waals surface area (Å²) < 4.78 is 0. The topological polar surface area (TPSA) is 16.6 Å². The van der Waals surface area contributed by atoms with Gasteiger partial charge in [-0.2, -0.15) is 0 Å². The van der Waals surface area contributed by atoms with Crippen LogP contribution in [0.2, 0.25) is 0 Å². The predicted molar refractivity (Wildman–Crippen MR) is 53.0 cm³/mol. The van der Waals surface area contributed by atoms with Gasteiger partial charge in [-0.1, -0.05) is 12.2 Å². The molecule has 1 rings (SSSR count). The van der Waals surface area contributed by atoms with Crippen molar-refractivity contribution in [3.8, 4) is 0 Å². The highest BCUT2D eigenvalue weighted by Gasteiger charge is 2.30. The lowest BCUT2D eigenvalue weighted by atomic mass is 9.85. The molecule has 1 fully saturated rings. The first-order valence-corrected chi connectivity index (χ1v) is 4.92. The van der Waals surface area contributed by atoms with Crippen molar-refractivity contribution >= 4 is 0 Å². The fraction of sp³-hybridized carbons (Fsp3) is 0.636. The average molecular weight is 166 g/mol. The molecule has 0 aromatic carbocycles. The first-order valence-electron chi connectivity index (χ1n) is 4.92. The second kappa shape index (κ2) is 4.46. The van der Waals surface area contributed by atoms with E-state index in [9.17, 15) is 0 Å². The van der Waals surface area contributed by atoms with Gasteiger partial charge in [0.1, 0.15) is 5.54 Å². The summed E-state index contributed by atoms with van der Waals surface area (Å²) in [5.74, 6) is 0. The lowest BCUT2D eigenvalue weighted by molar-refractivity contribution is -0.723. The van der Waals surface area contributed by atoms with Crippen molar-refractivity contribution in [1.29, 1.82) is 0 Å². The Morgan fingerprint density at radius 1 is 1.50 bits per heavy atom. The van der Waals surface area contributed by atoms with Crippen LogP contribution >= 0.6 is 0 Å². The second-order valence-electron chi connectivity index (χ2n) is 3.68. The van der Waals surface area contributed by atoms with Gasteiger partial charge in [-0.15, -0.1) is 6.58 Å². The van der Waals surface area contributed by atoms with E-state index in [1.54, 1.807) is 0 Å². The highest BCUT2D eigenvalue weighted by Crippen LogP contribution is 2.19. The van der Waals surface area contributed by atoms with Gasteiger partial charge < -0.3 is 5.32 Å². The van der Waals surface area contributed by atoms with Crippen LogP contribution in [0.25, 0.3) is 0 Å². The molecule has 2 N–H and O–H groups in total. The standard InChI is InChI=1S/C11H19N/c1-3-7-11(8-4-2)9-5-6-10-12-11/h3-4,8,12H,1,5-7,9-10H2,2H3/p+1/b8-4+/t11-/m1/s1. The Kier molecular flexibility index (Phi) is 3.54. The van der Waals surface area contributed by atoms with Crippen molar-refractivity contribution < 1.29 is 5.32 Å². The maximum Gasteiger partial charge on any atom is 0.118 e. The van der Waals surface area contributed by atoms with E-state index in [-0.39, 0.29) is 0 Å². The van der Waals surface area contributed by atoms with Crippen LogP contribution in [-0.4, -0.2) is 12.1 Å². The smallest absolute Gasteiger partial charge is 0.118 e. The Balaban J connectivity index is 2.62. The summed E-state index contributed by atoms with van der Waals surface area (Å²) in [5.41, 5.74) is 0.356. The van der Waals surface area contributed by atoms with E-state index in [1.165, 1.54) is 25.8 Å². The van der Waals surface area contributed by atoms with Crippen LogP contribution in [0, 0.1) is 0 Å². The first-order chi connectivity index (χ1) is 5.83. The van der Waals surface area contributed by atoms with Gasteiger partial charge in [-0.05, 0) is 25.8 Å². The Morgan fingerprint density at radius 2 is 2.33 bits per heavy atom. The quantitative estimate of drug-likeness (QED) is 0.614. The maximum atomic E-state index is 3.83. The molecule has 0 aromatic rings. The third-order valence-electron chi connectivity index (χ3n) is 2.67. The number of rotatable bonds is 3. The molecule has 12 heavy (non-hydrogen) atoms. The fourth-order valence-electron chi connectivity index (χ4n) is 2.10. The van der Waals surface area contributed by atoms with Crippen LogP contribution in [0.15, 0.2) is 24.8 Å². The highest BCUT2D eigenvalue weighted by molar-refractivity contribution is 5.03. The van der Waals surface area contributed by atoms with E-state index in [1.807, 2.05) is 6.08 Å². The number of hydrogen-bond acceptors (Lipinski definition) is 0. The minimum Gasteiger partial charge on any atom is -0.338 e. The molecule has 0 radical (unpaired) electrons. The number of hydrogen-bond donors (Lipinski definition) is 1. The third kappa shape index (κ3) is 2.21. The molecular weight excluding hydrogens is 146 g/mol. The van der Waals surface area contributed by atoms with Crippen molar-refractivity contribution in [3.63, 3.8) is 0 Å². The number of allylic oxidation sites excluding steroid dienone is 1. The fourth-order valence-corrected chi connectivity index (χ4v) is 2.10. The molecule has 1 heteroatoms. The lowest BCUT2D eigenvalue weighted by Crippen LogP contribution is -2.97. The zero-order chi connectivity index (χ0) is 8.86. The first kappa shape index (κ1) is 9.53. The van der Waals surface area contributed by atoms with E-state index in [2.05, 4.69) is 31.0 Å². The Bertz CT molecular complexity index is 164. The molecule has 1 atom stereocenters. The SMILES string of the molecule is C=CC[C@@]1(/C=C/C)CCCC[NH2+]1. The molecule has 0 spiro atoms. The highest BCUT2D eigenvalue weighted by atomic mass is 15.0. The molecule has 1 aliphatic heterocycles. The van der Waals surface area contributed by atoms with Crippen LogP contribution in [0.1, 0.15) is 32.6 Å². The minimum atomic E-state index is 0.356. The Morgan fingerprint density at radius 3 is 2.83 bits per heavy atom. The van der Waals surface area contributed by atoms with Crippen molar-refractivity contribution in [1.82, 2.24) is 0 Å². The maximum absolute atomic E-state index is 3.83. The molecule has 0 unspecified atom stereocenters. The van der Waals surface area contributed by atoms with Crippen LogP contribution in [0.3, 0.4) is 0 Å². The van der Waals surface area contributed by atoms with Crippen LogP contribution in [-0.2, 0) is 0 Å². The van der Waals surface area contributed by atoms with Crippen molar-refractivity contribution in [2.45, 2.75) is 38.1 Å². The van der Waals surface area contributed by atoms with Crippen LogP contribution < -0.4 is 5.32 Å². The van der Waals surface area contributed by atoms with Gasteiger partial charge in [-0.25, -0.2) is 0 Å². The number of piperidine rings is 1. The van der Waals surface area contributed by atoms with Crippen molar-refractivity contribution in [3.05, 3.63) is 24.8 Å². The normalized spacial score (nSPS) is 30.8. The summed E-state index contributed by atoms with van der Waals surface area (Å²) >= 11 is 0. The van der Waals surface area contributed by atoms with E-state index in [0.717, 1.165) is 6.42 Å². The summed E-state index contributed by atoms with van der Waals surface area (Å²) in [5, 5.41) is 2.47. The Hall–Kier alpha value is -0.560. The molecule has 0 bridgehead atoms. The molecule has 0 saturated carbocycles. The van der Waals surface area contributed by atoms with Gasteiger partial charge in [0.05, 0.1) is 6.54 Å². The van der Waals surface area contributed by atoms with Gasteiger partial charge in [0, 0.05) is 12.8 Å². The van der Waals surface area contributed by atoms with Crippen molar-refractivity contribution in [2.24, 2.45) is 0 Å². The summed E-state index contributed by atoms with van der Waals surface area (Å²) in [6.45, 7) is 7.21. The van der Waals surface area contributed by atoms with Gasteiger partial charge >= 0.3 is 0 Å². The molecule has 1 saturated heterocycles. The zero-order valence-corrected chi connectivity index (χ0v) is 8.05. The van der Waals surface area contributed by atoms with Crippen molar-refractivity contribution in [2.75, 3.05) is 6.54 Å². The van der Waals surface area contributed by atoms with Crippen LogP contribution in [0.5, 0.6) is 0 Å². The van der Waals surface area contributed by atoms with E-state index >= 15 is 0 Å². The van der Waals surface area contributed by atoms with Gasteiger partial charge in [0.25, 0.3) is 0 Å². The summed E-state index contributed by atoms with van der Waals surface area (Å²) in [6.07, 6.45) is 11.7. The number of nitrogens with two attached hydrogens (primary N) is 1. The predicted octanol–water partition coefficient (Wildman–Crippen LogP) is 1.62. The molecule has 0 amide bonds. The summed E-state index contributed by atoms with van der Waals surface area (Å²) in [7, 11) is 0. The average Bonchev–Trinajstić information content (AvgIpc) is 2.07. The second-order valence-corrected chi connectivity index (χ2v) is 3.68. The zero-order valence-electron chi connectivity index (χ0n) is 8.05. The van der Waals surface area contributed by atoms with E-state index in [4.69, 9.17) is 0 Å². The largest absolute Gasteiger partial charge is 0.338 e. The monoisotopic (exact) mass is 166 g/mol. The van der Waals surface area contributed by atoms with Crippen LogP contribution in [0.4, 0.5) is 0 Å². The van der Waals surface area contributed by atoms with Gasteiger partial charge in [0.2, 0.25) is 0 Å². The molecule has 68 valence electrons. The summed E-state index contributed by atoms with van der Waals surface area (Å²) in [4.78, 5) is 0. The van der Waals surface area contributed by atoms with Gasteiger partial charge in [-0.3, -0.25) is 0 Å².